The quantitative estimate of drug-likeness (QED) is 0.267. The lowest BCUT2D eigenvalue weighted by atomic mass is 9.76. The number of hydrogen-bond acceptors (Lipinski definition) is 7. The van der Waals surface area contributed by atoms with Gasteiger partial charge in [-0.2, -0.15) is 5.26 Å². The normalized spacial score (nSPS) is 21.2. The van der Waals surface area contributed by atoms with Crippen molar-refractivity contribution in [1.82, 2.24) is 15.1 Å². The van der Waals surface area contributed by atoms with Crippen LogP contribution in [0.4, 0.5) is 13.6 Å². The van der Waals surface area contributed by atoms with Gasteiger partial charge in [0.15, 0.2) is 0 Å². The highest BCUT2D eigenvalue weighted by Gasteiger charge is 2.43. The third-order valence-corrected chi connectivity index (χ3v) is 6.98. The van der Waals surface area contributed by atoms with Crippen molar-refractivity contribution in [2.24, 2.45) is 0 Å². The Morgan fingerprint density at radius 2 is 2.00 bits per heavy atom. The second-order valence-electron chi connectivity index (χ2n) is 10.5. The van der Waals surface area contributed by atoms with Crippen molar-refractivity contribution in [3.05, 3.63) is 47.5 Å². The lowest BCUT2D eigenvalue weighted by Gasteiger charge is -2.33. The van der Waals surface area contributed by atoms with Gasteiger partial charge in [-0.3, -0.25) is 9.69 Å². The standard InChI is InChI=1S/C26H35BF2N4O5/c1-25(2,33-13-11-26(28,29)18-33)15-20(16-30)23(34)32-12-7-6-10-21(17-32)38-24(35)31-22(27(36)37)14-19-8-4-3-5-9-19/h3-5,8-9,15,21-22,36-37H,6-7,10-14,17-18H2,1-2H3,(H,31,35)/b20-15+/t21-,22+/m1/s1. The van der Waals surface area contributed by atoms with Crippen molar-refractivity contribution in [3.63, 3.8) is 0 Å². The Kier molecular flexibility index (Phi) is 9.87. The summed E-state index contributed by atoms with van der Waals surface area (Å²) < 4.78 is 33.0. The van der Waals surface area contributed by atoms with E-state index in [9.17, 15) is 33.7 Å². The summed E-state index contributed by atoms with van der Waals surface area (Å²) in [7, 11) is -1.81. The molecule has 38 heavy (non-hydrogen) atoms. The molecular weight excluding hydrogens is 497 g/mol. The lowest BCUT2D eigenvalue weighted by molar-refractivity contribution is -0.127. The summed E-state index contributed by atoms with van der Waals surface area (Å²) in [5, 5.41) is 31.7. The SMILES string of the molecule is CC(C)(/C=C(\C#N)C(=O)N1CCCC[C@@H](OC(=O)N[C@@H](Cc2ccccc2)B(O)O)C1)N1CCC(F)(F)C1. The average molecular weight is 532 g/mol. The Morgan fingerprint density at radius 1 is 1.29 bits per heavy atom. The van der Waals surface area contributed by atoms with Crippen LogP contribution in [-0.2, 0) is 16.0 Å². The number of halogens is 2. The van der Waals surface area contributed by atoms with Crippen molar-refractivity contribution in [3.8, 4) is 6.07 Å². The molecule has 2 heterocycles. The second kappa shape index (κ2) is 12.7. The van der Waals surface area contributed by atoms with Gasteiger partial charge in [0.2, 0.25) is 0 Å². The van der Waals surface area contributed by atoms with Gasteiger partial charge >= 0.3 is 13.2 Å². The molecule has 0 aliphatic carbocycles. The van der Waals surface area contributed by atoms with Crippen LogP contribution in [-0.4, -0.2) is 88.7 Å². The number of carbonyl (C=O) groups excluding carboxylic acids is 2. The van der Waals surface area contributed by atoms with Gasteiger partial charge in [0.05, 0.1) is 19.0 Å². The van der Waals surface area contributed by atoms with Gasteiger partial charge in [-0.1, -0.05) is 30.3 Å². The molecule has 3 rings (SSSR count). The Morgan fingerprint density at radius 3 is 2.61 bits per heavy atom. The van der Waals surface area contributed by atoms with E-state index in [-0.39, 0.29) is 31.5 Å². The van der Waals surface area contributed by atoms with E-state index < -0.39 is 49.2 Å². The van der Waals surface area contributed by atoms with Crippen molar-refractivity contribution in [2.45, 2.75) is 69.5 Å². The van der Waals surface area contributed by atoms with Crippen molar-refractivity contribution < 1.29 is 33.2 Å². The highest BCUT2D eigenvalue weighted by Crippen LogP contribution is 2.33. The summed E-state index contributed by atoms with van der Waals surface area (Å²) in [6, 6.07) is 10.9. The fourth-order valence-electron chi connectivity index (χ4n) is 4.80. The number of nitriles is 1. The number of likely N-dealkylation sites (tertiary alicyclic amines) is 2. The first-order chi connectivity index (χ1) is 17.9. The van der Waals surface area contributed by atoms with E-state index in [0.717, 1.165) is 5.56 Å². The van der Waals surface area contributed by atoms with E-state index in [1.165, 1.54) is 11.0 Å². The van der Waals surface area contributed by atoms with Crippen molar-refractivity contribution in [1.29, 1.82) is 5.26 Å². The van der Waals surface area contributed by atoms with Gasteiger partial charge in [0.1, 0.15) is 17.7 Å². The van der Waals surface area contributed by atoms with Crippen molar-refractivity contribution in [2.75, 3.05) is 26.2 Å². The Hall–Kier alpha value is -3.01. The van der Waals surface area contributed by atoms with E-state index in [1.807, 2.05) is 12.1 Å². The van der Waals surface area contributed by atoms with Gasteiger partial charge in [0, 0.05) is 25.0 Å². The van der Waals surface area contributed by atoms with Gasteiger partial charge in [0.25, 0.3) is 11.8 Å². The number of alkyl carbamates (subject to hydrolysis) is 1. The molecule has 2 saturated heterocycles. The molecule has 0 bridgehead atoms. The number of amides is 2. The third-order valence-electron chi connectivity index (χ3n) is 6.98. The molecule has 0 spiro atoms. The molecular formula is C26H35BF2N4O5. The van der Waals surface area contributed by atoms with E-state index >= 15 is 0 Å². The zero-order chi connectivity index (χ0) is 27.9. The molecule has 0 aromatic heterocycles. The summed E-state index contributed by atoms with van der Waals surface area (Å²) >= 11 is 0. The fourth-order valence-corrected chi connectivity index (χ4v) is 4.80. The number of alkyl halides is 2. The minimum absolute atomic E-state index is 0.0541. The minimum Gasteiger partial charge on any atom is -0.444 e. The van der Waals surface area contributed by atoms with Gasteiger partial charge in [-0.15, -0.1) is 0 Å². The zero-order valence-electron chi connectivity index (χ0n) is 21.8. The Labute approximate surface area is 222 Å². The summed E-state index contributed by atoms with van der Waals surface area (Å²) in [5.74, 6) is -4.35. The molecule has 206 valence electrons. The Balaban J connectivity index is 1.63. The first-order valence-corrected chi connectivity index (χ1v) is 12.8. The molecule has 0 unspecified atom stereocenters. The van der Waals surface area contributed by atoms with Crippen LogP contribution in [0.1, 0.15) is 45.1 Å². The minimum atomic E-state index is -2.80. The molecule has 2 aliphatic heterocycles. The Bertz CT molecular complexity index is 1050. The van der Waals surface area contributed by atoms with Crippen LogP contribution in [0.25, 0.3) is 0 Å². The molecule has 1 aromatic carbocycles. The van der Waals surface area contributed by atoms with Gasteiger partial charge < -0.3 is 25.0 Å². The first-order valence-electron chi connectivity index (χ1n) is 12.8. The van der Waals surface area contributed by atoms with E-state index in [0.29, 0.717) is 25.8 Å². The molecule has 3 N–H and O–H groups in total. The fraction of sp³-hybridized carbons (Fsp3) is 0.577. The van der Waals surface area contributed by atoms with Crippen LogP contribution < -0.4 is 5.32 Å². The van der Waals surface area contributed by atoms with Crippen molar-refractivity contribution >= 4 is 19.1 Å². The van der Waals surface area contributed by atoms with Crippen LogP contribution >= 0.6 is 0 Å². The summed E-state index contributed by atoms with van der Waals surface area (Å²) in [5.41, 5.74) is -0.281. The van der Waals surface area contributed by atoms with Crippen LogP contribution in [0.2, 0.25) is 0 Å². The predicted molar refractivity (Wildman–Crippen MR) is 137 cm³/mol. The number of benzene rings is 1. The molecule has 2 aliphatic rings. The monoisotopic (exact) mass is 532 g/mol. The maximum Gasteiger partial charge on any atom is 0.475 e. The number of carbonyl (C=O) groups is 2. The van der Waals surface area contributed by atoms with Crippen LogP contribution in [0.15, 0.2) is 42.0 Å². The van der Waals surface area contributed by atoms with E-state index in [4.69, 9.17) is 4.74 Å². The highest BCUT2D eigenvalue weighted by molar-refractivity contribution is 6.43. The summed E-state index contributed by atoms with van der Waals surface area (Å²) in [6.45, 7) is 3.52. The zero-order valence-corrected chi connectivity index (χ0v) is 21.8. The molecule has 1 aromatic rings. The van der Waals surface area contributed by atoms with Gasteiger partial charge in [-0.05, 0) is 51.2 Å². The number of rotatable bonds is 8. The number of nitrogens with zero attached hydrogens (tertiary/aromatic N) is 3. The molecule has 2 atom stereocenters. The highest BCUT2D eigenvalue weighted by atomic mass is 19.3. The number of hydrogen-bond donors (Lipinski definition) is 3. The molecule has 0 radical (unpaired) electrons. The molecule has 12 heteroatoms. The largest absolute Gasteiger partial charge is 0.475 e. The first kappa shape index (κ1) is 29.5. The van der Waals surface area contributed by atoms with Crippen LogP contribution in [0, 0.1) is 11.3 Å². The van der Waals surface area contributed by atoms with E-state index in [1.54, 1.807) is 43.0 Å². The number of nitrogens with one attached hydrogen (secondary N) is 1. The van der Waals surface area contributed by atoms with Gasteiger partial charge in [-0.25, -0.2) is 13.6 Å². The predicted octanol–water partition coefficient (Wildman–Crippen LogP) is 2.29. The maximum atomic E-state index is 13.7. The molecule has 9 nitrogen and oxygen atoms in total. The second-order valence-corrected chi connectivity index (χ2v) is 10.5. The average Bonchev–Trinajstić information content (AvgIpc) is 3.08. The topological polar surface area (TPSA) is 126 Å². The molecule has 2 fully saturated rings. The smallest absolute Gasteiger partial charge is 0.444 e. The summed E-state index contributed by atoms with van der Waals surface area (Å²) in [6.07, 6.45) is 1.64. The molecule has 0 saturated carbocycles. The molecule has 2 amide bonds. The van der Waals surface area contributed by atoms with Crippen LogP contribution in [0.3, 0.4) is 0 Å². The van der Waals surface area contributed by atoms with E-state index in [2.05, 4.69) is 5.32 Å². The number of ether oxygens (including phenoxy) is 1. The summed E-state index contributed by atoms with van der Waals surface area (Å²) in [4.78, 5) is 28.8. The van der Waals surface area contributed by atoms with Crippen LogP contribution in [0.5, 0.6) is 0 Å². The third kappa shape index (κ3) is 8.25. The lowest BCUT2D eigenvalue weighted by Crippen LogP contribution is -2.49. The maximum absolute atomic E-state index is 13.7.